The second-order valence-corrected chi connectivity index (χ2v) is 2.55. The first-order chi connectivity index (χ1) is 5.42. The molecule has 0 spiro atoms. The predicted molar refractivity (Wildman–Crippen MR) is 39.4 cm³/mol. The molecule has 60 valence electrons. The lowest BCUT2D eigenvalue weighted by molar-refractivity contribution is 0.176. The smallest absolute Gasteiger partial charge is 0.228 e. The molecule has 0 aliphatic carbocycles. The van der Waals surface area contributed by atoms with Crippen LogP contribution in [0.1, 0.15) is 11.3 Å². The molecule has 4 nitrogen and oxygen atoms in total. The van der Waals surface area contributed by atoms with E-state index in [-0.39, 0.29) is 0 Å². The van der Waals surface area contributed by atoms with Crippen LogP contribution in [0.4, 0.5) is 5.88 Å². The highest BCUT2D eigenvalue weighted by molar-refractivity contribution is 5.48. The number of anilines is 1. The molecule has 1 N–H and O–H groups in total. The molecule has 0 amide bonds. The normalized spacial score (nSPS) is 14.6. The monoisotopic (exact) mass is 154 g/mol. The van der Waals surface area contributed by atoms with Crippen LogP contribution in [0.25, 0.3) is 0 Å². The van der Waals surface area contributed by atoms with Gasteiger partial charge >= 0.3 is 0 Å². The average molecular weight is 154 g/mol. The Bertz CT molecular complexity index is 257. The molecule has 1 aromatic rings. The third-order valence-corrected chi connectivity index (χ3v) is 1.81. The Morgan fingerprint density at radius 2 is 2.64 bits per heavy atom. The topological polar surface area (TPSA) is 47.3 Å². The maximum Gasteiger partial charge on any atom is 0.228 e. The van der Waals surface area contributed by atoms with E-state index in [0.717, 1.165) is 24.5 Å². The summed E-state index contributed by atoms with van der Waals surface area (Å²) in [5, 5.41) is 6.96. The van der Waals surface area contributed by atoms with E-state index in [2.05, 4.69) is 10.5 Å². The van der Waals surface area contributed by atoms with Gasteiger partial charge in [0.05, 0.1) is 6.61 Å². The van der Waals surface area contributed by atoms with Gasteiger partial charge in [0.15, 0.2) is 0 Å². The molecule has 1 aliphatic rings. The van der Waals surface area contributed by atoms with E-state index in [0.29, 0.717) is 6.61 Å². The van der Waals surface area contributed by atoms with Gasteiger partial charge in [-0.15, -0.1) is 0 Å². The zero-order valence-corrected chi connectivity index (χ0v) is 6.39. The van der Waals surface area contributed by atoms with Gasteiger partial charge < -0.3 is 14.6 Å². The number of fused-ring (bicyclic) bond motifs is 1. The van der Waals surface area contributed by atoms with Crippen LogP contribution in [0.2, 0.25) is 0 Å². The van der Waals surface area contributed by atoms with Crippen LogP contribution in [0, 0.1) is 0 Å². The largest absolute Gasteiger partial charge is 0.378 e. The van der Waals surface area contributed by atoms with E-state index in [1.807, 2.05) is 0 Å². The zero-order chi connectivity index (χ0) is 7.68. The highest BCUT2D eigenvalue weighted by atomic mass is 16.5. The molecule has 11 heavy (non-hydrogen) atoms. The summed E-state index contributed by atoms with van der Waals surface area (Å²) in [5.41, 5.74) is 2.10. The SMILES string of the molecule is COCc1noc2c1CCN2. The van der Waals surface area contributed by atoms with Crippen molar-refractivity contribution in [2.75, 3.05) is 19.0 Å². The third-order valence-electron chi connectivity index (χ3n) is 1.81. The number of hydrogen-bond acceptors (Lipinski definition) is 4. The Morgan fingerprint density at radius 1 is 1.73 bits per heavy atom. The van der Waals surface area contributed by atoms with Gasteiger partial charge in [-0.2, -0.15) is 0 Å². The summed E-state index contributed by atoms with van der Waals surface area (Å²) in [4.78, 5) is 0. The number of hydrogen-bond donors (Lipinski definition) is 1. The van der Waals surface area contributed by atoms with Crippen LogP contribution in [0.5, 0.6) is 0 Å². The van der Waals surface area contributed by atoms with Crippen molar-refractivity contribution in [2.24, 2.45) is 0 Å². The summed E-state index contributed by atoms with van der Waals surface area (Å²) in [6, 6.07) is 0. The molecular weight excluding hydrogens is 144 g/mol. The van der Waals surface area contributed by atoms with Gasteiger partial charge in [0.25, 0.3) is 0 Å². The van der Waals surface area contributed by atoms with Crippen molar-refractivity contribution in [3.63, 3.8) is 0 Å². The molecule has 0 aromatic carbocycles. The Kier molecular flexibility index (Phi) is 1.54. The van der Waals surface area contributed by atoms with Gasteiger partial charge in [-0.3, -0.25) is 0 Å². The molecular formula is C7H10N2O2. The van der Waals surface area contributed by atoms with E-state index >= 15 is 0 Å². The van der Waals surface area contributed by atoms with Crippen LogP contribution >= 0.6 is 0 Å². The molecule has 1 aliphatic heterocycles. The number of rotatable bonds is 2. The van der Waals surface area contributed by atoms with Gasteiger partial charge in [-0.25, -0.2) is 0 Å². The molecule has 0 unspecified atom stereocenters. The average Bonchev–Trinajstić information content (AvgIpc) is 2.53. The van der Waals surface area contributed by atoms with Crippen LogP contribution < -0.4 is 5.32 Å². The number of aromatic nitrogens is 1. The van der Waals surface area contributed by atoms with Crippen LogP contribution in [0.15, 0.2) is 4.52 Å². The fraction of sp³-hybridized carbons (Fsp3) is 0.571. The number of ether oxygens (including phenoxy) is 1. The summed E-state index contributed by atoms with van der Waals surface area (Å²) in [6.45, 7) is 1.49. The fourth-order valence-corrected chi connectivity index (χ4v) is 1.29. The van der Waals surface area contributed by atoms with E-state index in [9.17, 15) is 0 Å². The minimum Gasteiger partial charge on any atom is -0.378 e. The Morgan fingerprint density at radius 3 is 3.45 bits per heavy atom. The lowest BCUT2D eigenvalue weighted by Crippen LogP contribution is -1.95. The molecule has 0 radical (unpaired) electrons. The molecule has 0 atom stereocenters. The van der Waals surface area contributed by atoms with Crippen molar-refractivity contribution < 1.29 is 9.26 Å². The zero-order valence-electron chi connectivity index (χ0n) is 6.39. The minimum atomic E-state index is 0.542. The van der Waals surface area contributed by atoms with Gasteiger partial charge in [0, 0.05) is 19.2 Å². The summed E-state index contributed by atoms with van der Waals surface area (Å²) in [7, 11) is 1.66. The van der Waals surface area contributed by atoms with E-state index in [1.54, 1.807) is 7.11 Å². The first-order valence-electron chi connectivity index (χ1n) is 3.62. The number of nitrogens with zero attached hydrogens (tertiary/aromatic N) is 1. The summed E-state index contributed by atoms with van der Waals surface area (Å²) in [6.07, 6.45) is 0.998. The van der Waals surface area contributed by atoms with Crippen LogP contribution in [-0.4, -0.2) is 18.8 Å². The predicted octanol–water partition coefficient (Wildman–Crippen LogP) is 0.789. The fourth-order valence-electron chi connectivity index (χ4n) is 1.29. The second-order valence-electron chi connectivity index (χ2n) is 2.55. The summed E-state index contributed by atoms with van der Waals surface area (Å²) in [5.74, 6) is 0.817. The van der Waals surface area contributed by atoms with Crippen molar-refractivity contribution in [2.45, 2.75) is 13.0 Å². The van der Waals surface area contributed by atoms with Gasteiger partial charge in [-0.1, -0.05) is 5.16 Å². The van der Waals surface area contributed by atoms with Gasteiger partial charge in [-0.05, 0) is 6.42 Å². The Labute approximate surface area is 64.5 Å². The first kappa shape index (κ1) is 6.67. The van der Waals surface area contributed by atoms with Crippen molar-refractivity contribution in [1.29, 1.82) is 0 Å². The van der Waals surface area contributed by atoms with Crippen molar-refractivity contribution in [3.8, 4) is 0 Å². The quantitative estimate of drug-likeness (QED) is 0.684. The summed E-state index contributed by atoms with van der Waals surface area (Å²) < 4.78 is 9.98. The van der Waals surface area contributed by atoms with E-state index in [4.69, 9.17) is 9.26 Å². The molecule has 0 saturated carbocycles. The molecule has 0 bridgehead atoms. The molecule has 0 fully saturated rings. The Balaban J connectivity index is 2.27. The molecule has 4 heteroatoms. The molecule has 0 saturated heterocycles. The highest BCUT2D eigenvalue weighted by Crippen LogP contribution is 2.25. The second kappa shape index (κ2) is 2.54. The maximum absolute atomic E-state index is 5.02. The lowest BCUT2D eigenvalue weighted by Gasteiger charge is -1.92. The van der Waals surface area contributed by atoms with Crippen molar-refractivity contribution >= 4 is 5.88 Å². The highest BCUT2D eigenvalue weighted by Gasteiger charge is 2.19. The number of methoxy groups -OCH3 is 1. The Hall–Kier alpha value is -1.03. The van der Waals surface area contributed by atoms with Crippen molar-refractivity contribution in [1.82, 2.24) is 5.16 Å². The standard InChI is InChI=1S/C7H10N2O2/c1-10-4-6-5-2-3-8-7(5)11-9-6/h8H,2-4H2,1H3. The lowest BCUT2D eigenvalue weighted by atomic mass is 10.2. The minimum absolute atomic E-state index is 0.542. The van der Waals surface area contributed by atoms with E-state index in [1.165, 1.54) is 5.56 Å². The molecule has 2 heterocycles. The van der Waals surface area contributed by atoms with Gasteiger partial charge in [0.1, 0.15) is 5.69 Å². The van der Waals surface area contributed by atoms with Crippen LogP contribution in [-0.2, 0) is 17.8 Å². The van der Waals surface area contributed by atoms with Gasteiger partial charge in [0.2, 0.25) is 5.88 Å². The summed E-state index contributed by atoms with van der Waals surface area (Å²) >= 11 is 0. The molecule has 2 rings (SSSR count). The molecule has 1 aromatic heterocycles. The van der Waals surface area contributed by atoms with Crippen molar-refractivity contribution in [3.05, 3.63) is 11.3 Å². The van der Waals surface area contributed by atoms with Crippen LogP contribution in [0.3, 0.4) is 0 Å². The first-order valence-corrected chi connectivity index (χ1v) is 3.62. The maximum atomic E-state index is 5.02. The third kappa shape index (κ3) is 0.991. The van der Waals surface area contributed by atoms with E-state index < -0.39 is 0 Å². The number of nitrogens with one attached hydrogen (secondary N) is 1.